The molecule has 166 valence electrons. The molecule has 1 atom stereocenters. The number of urea groups is 1. The molecule has 0 aliphatic carbocycles. The molecule has 0 spiro atoms. The number of ether oxygens (including phenoxy) is 1. The van der Waals surface area contributed by atoms with E-state index in [4.69, 9.17) is 4.74 Å². The number of thiophene rings is 1. The Kier molecular flexibility index (Phi) is 9.13. The lowest BCUT2D eigenvalue weighted by atomic mass is 10.0. The van der Waals surface area contributed by atoms with Crippen LogP contribution in [0.3, 0.4) is 0 Å². The zero-order valence-corrected chi connectivity index (χ0v) is 18.0. The van der Waals surface area contributed by atoms with E-state index in [0.717, 1.165) is 10.9 Å². The standard InChI is InChI=1S/C21H24FN3O5S/c1-13(2)18(25-19(27)15-7-3-4-8-16(15)22)20(28)30-12-17(26)24-21(29)23-10-9-14-6-5-11-31-14/h3-8,11,13,18H,9-10,12H2,1-2H3,(H,25,27)(H2,23,24,26,29)/t18-/m0/s1. The fourth-order valence-corrected chi connectivity index (χ4v) is 3.26. The van der Waals surface area contributed by atoms with E-state index in [2.05, 4.69) is 16.0 Å². The maximum atomic E-state index is 13.8. The highest BCUT2D eigenvalue weighted by Gasteiger charge is 2.27. The maximum Gasteiger partial charge on any atom is 0.329 e. The first kappa shape index (κ1) is 24.0. The van der Waals surface area contributed by atoms with Crippen molar-refractivity contribution in [1.29, 1.82) is 0 Å². The van der Waals surface area contributed by atoms with Crippen molar-refractivity contribution in [3.8, 4) is 0 Å². The first-order valence-electron chi connectivity index (χ1n) is 9.60. The van der Waals surface area contributed by atoms with E-state index >= 15 is 0 Å². The highest BCUT2D eigenvalue weighted by molar-refractivity contribution is 7.09. The van der Waals surface area contributed by atoms with Crippen LogP contribution in [0.5, 0.6) is 0 Å². The summed E-state index contributed by atoms with van der Waals surface area (Å²) in [6.07, 6.45) is 0.631. The lowest BCUT2D eigenvalue weighted by molar-refractivity contribution is -0.151. The Bertz CT molecular complexity index is 917. The van der Waals surface area contributed by atoms with Crippen molar-refractivity contribution in [1.82, 2.24) is 16.0 Å². The van der Waals surface area contributed by atoms with Crippen molar-refractivity contribution in [2.75, 3.05) is 13.2 Å². The topological polar surface area (TPSA) is 114 Å². The van der Waals surface area contributed by atoms with Gasteiger partial charge in [-0.3, -0.25) is 14.9 Å². The summed E-state index contributed by atoms with van der Waals surface area (Å²) in [6.45, 7) is 2.97. The Morgan fingerprint density at radius 3 is 2.48 bits per heavy atom. The van der Waals surface area contributed by atoms with Gasteiger partial charge in [-0.15, -0.1) is 11.3 Å². The first-order valence-corrected chi connectivity index (χ1v) is 10.5. The third kappa shape index (κ3) is 7.82. The summed E-state index contributed by atoms with van der Waals surface area (Å²) < 4.78 is 18.7. The molecule has 0 unspecified atom stereocenters. The third-order valence-corrected chi connectivity index (χ3v) is 5.10. The van der Waals surface area contributed by atoms with Gasteiger partial charge in [0.1, 0.15) is 11.9 Å². The third-order valence-electron chi connectivity index (χ3n) is 4.16. The van der Waals surface area contributed by atoms with Crippen LogP contribution < -0.4 is 16.0 Å². The van der Waals surface area contributed by atoms with Gasteiger partial charge in [0.25, 0.3) is 11.8 Å². The number of imide groups is 1. The minimum atomic E-state index is -1.10. The minimum Gasteiger partial charge on any atom is -0.454 e. The second kappa shape index (κ2) is 11.8. The number of carbonyl (C=O) groups is 4. The SMILES string of the molecule is CC(C)[C@H](NC(=O)c1ccccc1F)C(=O)OCC(=O)NC(=O)NCCc1cccs1. The molecule has 0 bridgehead atoms. The molecule has 2 rings (SSSR count). The van der Waals surface area contributed by atoms with Crippen molar-refractivity contribution < 1.29 is 28.3 Å². The van der Waals surface area contributed by atoms with E-state index in [1.54, 1.807) is 25.2 Å². The van der Waals surface area contributed by atoms with Crippen molar-refractivity contribution in [3.63, 3.8) is 0 Å². The second-order valence-corrected chi connectivity index (χ2v) is 7.95. The Morgan fingerprint density at radius 1 is 1.10 bits per heavy atom. The quantitative estimate of drug-likeness (QED) is 0.508. The summed E-state index contributed by atoms with van der Waals surface area (Å²) in [5.74, 6) is -3.56. The summed E-state index contributed by atoms with van der Waals surface area (Å²) >= 11 is 1.56. The molecule has 0 fully saturated rings. The number of hydrogen-bond donors (Lipinski definition) is 3. The number of halogens is 1. The highest BCUT2D eigenvalue weighted by atomic mass is 32.1. The van der Waals surface area contributed by atoms with Gasteiger partial charge in [-0.1, -0.05) is 32.0 Å². The van der Waals surface area contributed by atoms with Crippen molar-refractivity contribution >= 4 is 35.2 Å². The van der Waals surface area contributed by atoms with Crippen LogP contribution in [0.15, 0.2) is 41.8 Å². The minimum absolute atomic E-state index is 0.210. The van der Waals surface area contributed by atoms with E-state index in [9.17, 15) is 23.6 Å². The first-order chi connectivity index (χ1) is 14.8. The van der Waals surface area contributed by atoms with E-state index in [1.807, 2.05) is 17.5 Å². The van der Waals surface area contributed by atoms with E-state index in [-0.39, 0.29) is 11.5 Å². The zero-order chi connectivity index (χ0) is 22.8. The van der Waals surface area contributed by atoms with Crippen molar-refractivity contribution in [3.05, 3.63) is 58.0 Å². The molecule has 0 aliphatic heterocycles. The molecule has 10 heteroatoms. The molecule has 1 heterocycles. The molecule has 31 heavy (non-hydrogen) atoms. The Labute approximate surface area is 183 Å². The molecule has 2 aromatic rings. The number of benzene rings is 1. The average Bonchev–Trinajstić information content (AvgIpc) is 3.23. The molecular formula is C21H24FN3O5S. The molecule has 3 N–H and O–H groups in total. The predicted octanol–water partition coefficient (Wildman–Crippen LogP) is 2.25. The normalized spacial score (nSPS) is 11.5. The van der Waals surface area contributed by atoms with Crippen LogP contribution in [-0.2, 0) is 20.7 Å². The van der Waals surface area contributed by atoms with Crippen molar-refractivity contribution in [2.45, 2.75) is 26.3 Å². The van der Waals surface area contributed by atoms with E-state index < -0.39 is 42.3 Å². The van der Waals surface area contributed by atoms with Crippen LogP contribution in [0.1, 0.15) is 29.1 Å². The van der Waals surface area contributed by atoms with Gasteiger partial charge in [0.15, 0.2) is 6.61 Å². The molecule has 0 saturated carbocycles. The summed E-state index contributed by atoms with van der Waals surface area (Å²) in [6, 6.07) is 7.40. The van der Waals surface area contributed by atoms with Crippen LogP contribution in [0.4, 0.5) is 9.18 Å². The summed E-state index contributed by atoms with van der Waals surface area (Å²) in [4.78, 5) is 49.3. The number of rotatable bonds is 9. The van der Waals surface area contributed by atoms with Gasteiger partial charge in [-0.2, -0.15) is 0 Å². The van der Waals surface area contributed by atoms with Crippen LogP contribution in [0.2, 0.25) is 0 Å². The number of hydrogen-bond acceptors (Lipinski definition) is 6. The van der Waals surface area contributed by atoms with Crippen LogP contribution in [-0.4, -0.2) is 43.0 Å². The Morgan fingerprint density at radius 2 is 1.84 bits per heavy atom. The average molecular weight is 450 g/mol. The van der Waals surface area contributed by atoms with Crippen molar-refractivity contribution in [2.24, 2.45) is 5.92 Å². The van der Waals surface area contributed by atoms with Gasteiger partial charge < -0.3 is 15.4 Å². The fourth-order valence-electron chi connectivity index (χ4n) is 2.55. The molecule has 4 amide bonds. The fraction of sp³-hybridized carbons (Fsp3) is 0.333. The number of carbonyl (C=O) groups excluding carboxylic acids is 4. The largest absolute Gasteiger partial charge is 0.454 e. The van der Waals surface area contributed by atoms with E-state index in [0.29, 0.717) is 13.0 Å². The molecule has 0 saturated heterocycles. The monoisotopic (exact) mass is 449 g/mol. The van der Waals surface area contributed by atoms with Crippen LogP contribution in [0, 0.1) is 11.7 Å². The Balaban J connectivity index is 1.78. The van der Waals surface area contributed by atoms with Gasteiger partial charge in [0.05, 0.1) is 5.56 Å². The summed E-state index contributed by atoms with van der Waals surface area (Å²) in [5.41, 5.74) is -0.210. The second-order valence-electron chi connectivity index (χ2n) is 6.92. The van der Waals surface area contributed by atoms with Gasteiger partial charge in [0, 0.05) is 11.4 Å². The highest BCUT2D eigenvalue weighted by Crippen LogP contribution is 2.10. The molecule has 8 nitrogen and oxygen atoms in total. The van der Waals surface area contributed by atoms with Gasteiger partial charge >= 0.3 is 12.0 Å². The summed E-state index contributed by atoms with van der Waals surface area (Å²) in [7, 11) is 0. The molecule has 0 aliphatic rings. The molecule has 1 aromatic heterocycles. The number of nitrogens with one attached hydrogen (secondary N) is 3. The van der Waals surface area contributed by atoms with Gasteiger partial charge in [-0.25, -0.2) is 14.0 Å². The predicted molar refractivity (Wildman–Crippen MR) is 113 cm³/mol. The molecule has 1 aromatic carbocycles. The zero-order valence-electron chi connectivity index (χ0n) is 17.1. The lowest BCUT2D eigenvalue weighted by Crippen LogP contribution is -2.47. The summed E-state index contributed by atoms with van der Waals surface area (Å²) in [5, 5.41) is 8.93. The Hall–Kier alpha value is -3.27. The maximum absolute atomic E-state index is 13.8. The van der Waals surface area contributed by atoms with Crippen LogP contribution >= 0.6 is 11.3 Å². The number of esters is 1. The van der Waals surface area contributed by atoms with Gasteiger partial charge in [0.2, 0.25) is 0 Å². The van der Waals surface area contributed by atoms with Crippen LogP contribution in [0.25, 0.3) is 0 Å². The number of amides is 4. The van der Waals surface area contributed by atoms with Gasteiger partial charge in [-0.05, 0) is 35.9 Å². The molecular weight excluding hydrogens is 425 g/mol. The smallest absolute Gasteiger partial charge is 0.329 e. The van der Waals surface area contributed by atoms with E-state index in [1.165, 1.54) is 18.2 Å². The lowest BCUT2D eigenvalue weighted by Gasteiger charge is -2.20. The molecule has 0 radical (unpaired) electrons.